The number of benzene rings is 3. The number of nitrogen functional groups attached to an aromatic ring is 1. The summed E-state index contributed by atoms with van der Waals surface area (Å²) in [6.07, 6.45) is 0.280. The molecule has 0 aliphatic carbocycles. The Bertz CT molecular complexity index is 1310. The first-order valence-electron chi connectivity index (χ1n) is 12.0. The summed E-state index contributed by atoms with van der Waals surface area (Å²) in [5.74, 6) is -1.69. The lowest BCUT2D eigenvalue weighted by Gasteiger charge is -2.24. The average Bonchev–Trinajstić information content (AvgIpc) is 3.02. The second-order valence-electron chi connectivity index (χ2n) is 8.96. The summed E-state index contributed by atoms with van der Waals surface area (Å²) >= 11 is 0. The predicted octanol–water partition coefficient (Wildman–Crippen LogP) is 2.74. The third-order valence-corrected chi connectivity index (χ3v) is 6.28. The van der Waals surface area contributed by atoms with Gasteiger partial charge in [-0.05, 0) is 35.2 Å². The van der Waals surface area contributed by atoms with Gasteiger partial charge in [0.2, 0.25) is 5.91 Å². The van der Waals surface area contributed by atoms with E-state index in [2.05, 4.69) is 10.6 Å². The Morgan fingerprint density at radius 1 is 1.03 bits per heavy atom. The Labute approximate surface area is 214 Å². The highest BCUT2D eigenvalue weighted by atomic mass is 16.4. The SMILES string of the molecule is N=C(N)c1ccc(CNC(=O)c2ccc3c(c2)N[C@H](CC(=O)O)C(=O)N(CCc2ccccc2)C3)cc1. The number of carboxylic acid groups (broad SMARTS) is 1. The van der Waals surface area contributed by atoms with Gasteiger partial charge in [0.15, 0.2) is 0 Å². The molecule has 0 aromatic heterocycles. The molecule has 190 valence electrons. The van der Waals surface area contributed by atoms with Crippen LogP contribution in [0.2, 0.25) is 0 Å². The van der Waals surface area contributed by atoms with Crippen molar-refractivity contribution in [2.75, 3.05) is 11.9 Å². The van der Waals surface area contributed by atoms with Crippen molar-refractivity contribution in [3.63, 3.8) is 0 Å². The number of anilines is 1. The van der Waals surface area contributed by atoms with E-state index in [1.54, 1.807) is 47.4 Å². The van der Waals surface area contributed by atoms with E-state index in [1.165, 1.54) is 0 Å². The van der Waals surface area contributed by atoms with Gasteiger partial charge in [0.05, 0.1) is 6.42 Å². The van der Waals surface area contributed by atoms with Crippen LogP contribution in [0.15, 0.2) is 72.8 Å². The maximum absolute atomic E-state index is 13.2. The summed E-state index contributed by atoms with van der Waals surface area (Å²) in [5, 5.41) is 22.8. The molecule has 3 aromatic carbocycles. The van der Waals surface area contributed by atoms with E-state index in [-0.39, 0.29) is 30.6 Å². The summed E-state index contributed by atoms with van der Waals surface area (Å²) in [7, 11) is 0. The van der Waals surface area contributed by atoms with Crippen LogP contribution in [0.5, 0.6) is 0 Å². The molecule has 0 spiro atoms. The molecular formula is C28H29N5O4. The maximum atomic E-state index is 13.2. The normalized spacial score (nSPS) is 14.8. The summed E-state index contributed by atoms with van der Waals surface area (Å²) in [4.78, 5) is 39.2. The molecule has 9 heteroatoms. The molecule has 9 nitrogen and oxygen atoms in total. The smallest absolute Gasteiger partial charge is 0.305 e. The van der Waals surface area contributed by atoms with Crippen molar-refractivity contribution in [3.05, 3.63) is 101 Å². The van der Waals surface area contributed by atoms with Crippen molar-refractivity contribution in [3.8, 4) is 0 Å². The topological polar surface area (TPSA) is 149 Å². The molecule has 1 aliphatic heterocycles. The quantitative estimate of drug-likeness (QED) is 0.226. The molecule has 4 rings (SSSR count). The molecular weight excluding hydrogens is 470 g/mol. The third-order valence-electron chi connectivity index (χ3n) is 6.28. The number of nitrogens with one attached hydrogen (secondary N) is 3. The fraction of sp³-hybridized carbons (Fsp3) is 0.214. The highest BCUT2D eigenvalue weighted by Crippen LogP contribution is 2.26. The minimum absolute atomic E-state index is 0.0219. The molecule has 0 saturated carbocycles. The van der Waals surface area contributed by atoms with Gasteiger partial charge in [0, 0.05) is 36.4 Å². The number of fused-ring (bicyclic) bond motifs is 1. The lowest BCUT2D eigenvalue weighted by Crippen LogP contribution is -2.42. The second kappa shape index (κ2) is 11.4. The van der Waals surface area contributed by atoms with Crippen LogP contribution in [-0.2, 0) is 29.1 Å². The van der Waals surface area contributed by atoms with Crippen LogP contribution in [-0.4, -0.2) is 46.2 Å². The second-order valence-corrected chi connectivity index (χ2v) is 8.96. The molecule has 0 radical (unpaired) electrons. The fourth-order valence-corrected chi connectivity index (χ4v) is 4.24. The number of hydrogen-bond acceptors (Lipinski definition) is 5. The van der Waals surface area contributed by atoms with Gasteiger partial charge in [-0.15, -0.1) is 0 Å². The molecule has 0 unspecified atom stereocenters. The van der Waals surface area contributed by atoms with Crippen LogP contribution in [0.3, 0.4) is 0 Å². The predicted molar refractivity (Wildman–Crippen MR) is 140 cm³/mol. The van der Waals surface area contributed by atoms with Gasteiger partial charge in [-0.1, -0.05) is 60.7 Å². The van der Waals surface area contributed by atoms with Crippen LogP contribution in [0.25, 0.3) is 0 Å². The molecule has 0 bridgehead atoms. The lowest BCUT2D eigenvalue weighted by molar-refractivity contribution is -0.141. The Kier molecular flexibility index (Phi) is 7.83. The zero-order valence-electron chi connectivity index (χ0n) is 20.2. The maximum Gasteiger partial charge on any atom is 0.305 e. The van der Waals surface area contributed by atoms with Crippen molar-refractivity contribution < 1.29 is 19.5 Å². The van der Waals surface area contributed by atoms with E-state index in [4.69, 9.17) is 11.1 Å². The summed E-state index contributed by atoms with van der Waals surface area (Å²) in [5.41, 5.74) is 9.80. The number of carbonyl (C=O) groups excluding carboxylic acids is 2. The van der Waals surface area contributed by atoms with E-state index >= 15 is 0 Å². The van der Waals surface area contributed by atoms with Crippen LogP contribution in [0.4, 0.5) is 5.69 Å². The molecule has 3 aromatic rings. The number of carboxylic acids is 1. The highest BCUT2D eigenvalue weighted by molar-refractivity contribution is 5.97. The largest absolute Gasteiger partial charge is 0.481 e. The van der Waals surface area contributed by atoms with Gasteiger partial charge in [0.1, 0.15) is 11.9 Å². The van der Waals surface area contributed by atoms with Crippen LogP contribution in [0, 0.1) is 5.41 Å². The summed E-state index contributed by atoms with van der Waals surface area (Å²) in [6, 6.07) is 21.0. The number of nitrogens with two attached hydrogens (primary N) is 1. The minimum Gasteiger partial charge on any atom is -0.481 e. The minimum atomic E-state index is -1.08. The number of carbonyl (C=O) groups is 3. The molecule has 0 fully saturated rings. The molecule has 2 amide bonds. The Balaban J connectivity index is 1.49. The van der Waals surface area contributed by atoms with E-state index in [9.17, 15) is 19.5 Å². The number of hydrogen-bond donors (Lipinski definition) is 5. The lowest BCUT2D eigenvalue weighted by atomic mass is 10.1. The fourth-order valence-electron chi connectivity index (χ4n) is 4.24. The van der Waals surface area contributed by atoms with Crippen LogP contribution >= 0.6 is 0 Å². The number of amides is 2. The zero-order valence-corrected chi connectivity index (χ0v) is 20.2. The first-order chi connectivity index (χ1) is 17.8. The van der Waals surface area contributed by atoms with Gasteiger partial charge in [-0.2, -0.15) is 0 Å². The molecule has 0 saturated heterocycles. The first-order valence-corrected chi connectivity index (χ1v) is 12.0. The van der Waals surface area contributed by atoms with Crippen molar-refractivity contribution in [1.29, 1.82) is 5.41 Å². The molecule has 6 N–H and O–H groups in total. The Morgan fingerprint density at radius 3 is 2.41 bits per heavy atom. The average molecular weight is 500 g/mol. The number of aliphatic carboxylic acids is 1. The monoisotopic (exact) mass is 499 g/mol. The highest BCUT2D eigenvalue weighted by Gasteiger charge is 2.31. The Hall–Kier alpha value is -4.66. The van der Waals surface area contributed by atoms with Crippen molar-refractivity contribution in [1.82, 2.24) is 10.2 Å². The Morgan fingerprint density at radius 2 is 1.73 bits per heavy atom. The van der Waals surface area contributed by atoms with E-state index in [0.717, 1.165) is 16.7 Å². The number of rotatable bonds is 9. The summed E-state index contributed by atoms with van der Waals surface area (Å²) < 4.78 is 0. The van der Waals surface area contributed by atoms with Gasteiger partial charge < -0.3 is 26.4 Å². The van der Waals surface area contributed by atoms with Crippen molar-refractivity contribution >= 4 is 29.3 Å². The molecule has 1 aliphatic rings. The van der Waals surface area contributed by atoms with Crippen LogP contribution in [0.1, 0.15) is 39.0 Å². The first kappa shape index (κ1) is 25.4. The van der Waals surface area contributed by atoms with Gasteiger partial charge in [0.25, 0.3) is 5.91 Å². The van der Waals surface area contributed by atoms with Gasteiger partial charge >= 0.3 is 5.97 Å². The molecule has 1 atom stereocenters. The summed E-state index contributed by atoms with van der Waals surface area (Å²) in [6.45, 7) is 1.05. The standard InChI is InChI=1S/C28H29N5O4/c29-26(30)20-8-6-19(7-9-20)16-31-27(36)21-10-11-22-17-33(13-12-18-4-2-1-3-5-18)28(37)24(15-25(34)35)32-23(22)14-21/h1-11,14,24,32H,12-13,15-17H2,(H3,29,30)(H,31,36)(H,34,35)/t24-/m1/s1. The van der Waals surface area contributed by atoms with E-state index < -0.39 is 12.0 Å². The van der Waals surface area contributed by atoms with Gasteiger partial charge in [-0.25, -0.2) is 0 Å². The third kappa shape index (κ3) is 6.52. The number of nitrogens with zero attached hydrogens (tertiary/aromatic N) is 1. The van der Waals surface area contributed by atoms with Gasteiger partial charge in [-0.3, -0.25) is 19.8 Å². The van der Waals surface area contributed by atoms with E-state index in [0.29, 0.717) is 36.3 Å². The molecule has 37 heavy (non-hydrogen) atoms. The van der Waals surface area contributed by atoms with Crippen molar-refractivity contribution in [2.45, 2.75) is 32.0 Å². The number of amidine groups is 1. The zero-order chi connectivity index (χ0) is 26.4. The van der Waals surface area contributed by atoms with Crippen molar-refractivity contribution in [2.24, 2.45) is 5.73 Å². The van der Waals surface area contributed by atoms with E-state index in [1.807, 2.05) is 30.3 Å². The van der Waals surface area contributed by atoms with Crippen LogP contribution < -0.4 is 16.4 Å². The molecule has 1 heterocycles.